The van der Waals surface area contributed by atoms with Crippen LogP contribution in [0.5, 0.6) is 0 Å². The molecule has 1 aromatic rings. The number of hydrogen-bond donors (Lipinski definition) is 3. The second-order valence-electron chi connectivity index (χ2n) is 3.74. The van der Waals surface area contributed by atoms with E-state index in [-0.39, 0.29) is 5.91 Å². The van der Waals surface area contributed by atoms with Crippen LogP contribution in [0.2, 0.25) is 0 Å². The standard InChI is InChI=1S/C10H15N5O/c11-14-8-1-2-12-9(5-8)6-15-4-3-13-10(16)7-15/h1-2,5H,3-4,6-7,11H2,(H,12,14)(H,13,16). The zero-order chi connectivity index (χ0) is 11.4. The normalized spacial score (nSPS) is 16.9. The average Bonchev–Trinajstić information content (AvgIpc) is 2.29. The van der Waals surface area contributed by atoms with Crippen LogP contribution in [0.1, 0.15) is 5.69 Å². The second kappa shape index (κ2) is 4.91. The molecule has 0 unspecified atom stereocenters. The molecule has 0 aliphatic carbocycles. The highest BCUT2D eigenvalue weighted by molar-refractivity contribution is 5.78. The van der Waals surface area contributed by atoms with Crippen molar-refractivity contribution in [2.24, 2.45) is 5.84 Å². The third-order valence-corrected chi connectivity index (χ3v) is 2.49. The molecule has 0 radical (unpaired) electrons. The molecule has 0 saturated carbocycles. The van der Waals surface area contributed by atoms with Gasteiger partial charge in [-0.25, -0.2) is 0 Å². The third-order valence-electron chi connectivity index (χ3n) is 2.49. The molecule has 2 heterocycles. The first-order valence-corrected chi connectivity index (χ1v) is 5.18. The van der Waals surface area contributed by atoms with Crippen molar-refractivity contribution < 1.29 is 4.79 Å². The lowest BCUT2D eigenvalue weighted by Crippen LogP contribution is -2.47. The van der Waals surface area contributed by atoms with Gasteiger partial charge in [-0.05, 0) is 12.1 Å². The highest BCUT2D eigenvalue weighted by Gasteiger charge is 2.16. The number of nitrogens with one attached hydrogen (secondary N) is 2. The Morgan fingerprint density at radius 3 is 3.25 bits per heavy atom. The third kappa shape index (κ3) is 2.68. The molecule has 1 fully saturated rings. The lowest BCUT2D eigenvalue weighted by atomic mass is 10.2. The average molecular weight is 221 g/mol. The van der Waals surface area contributed by atoms with Crippen LogP contribution < -0.4 is 16.6 Å². The largest absolute Gasteiger partial charge is 0.354 e. The number of hydrazine groups is 1. The van der Waals surface area contributed by atoms with Crippen molar-refractivity contribution in [3.8, 4) is 0 Å². The van der Waals surface area contributed by atoms with E-state index in [0.717, 1.165) is 17.9 Å². The van der Waals surface area contributed by atoms with Crippen LogP contribution >= 0.6 is 0 Å². The molecule has 6 nitrogen and oxygen atoms in total. The summed E-state index contributed by atoms with van der Waals surface area (Å²) in [7, 11) is 0. The summed E-state index contributed by atoms with van der Waals surface area (Å²) < 4.78 is 0. The Hall–Kier alpha value is -1.66. The number of carbonyl (C=O) groups excluding carboxylic acids is 1. The van der Waals surface area contributed by atoms with Crippen molar-refractivity contribution in [3.05, 3.63) is 24.0 Å². The highest BCUT2D eigenvalue weighted by atomic mass is 16.2. The van der Waals surface area contributed by atoms with E-state index in [1.807, 2.05) is 6.07 Å². The molecule has 4 N–H and O–H groups in total. The summed E-state index contributed by atoms with van der Waals surface area (Å²) in [6, 6.07) is 3.68. The van der Waals surface area contributed by atoms with E-state index < -0.39 is 0 Å². The van der Waals surface area contributed by atoms with Crippen LogP contribution in [0.3, 0.4) is 0 Å². The molecule has 86 valence electrons. The van der Waals surface area contributed by atoms with Crippen molar-refractivity contribution in [1.29, 1.82) is 0 Å². The number of nitrogens with zero attached hydrogens (tertiary/aromatic N) is 2. The van der Waals surface area contributed by atoms with E-state index in [9.17, 15) is 4.79 Å². The number of pyridine rings is 1. The van der Waals surface area contributed by atoms with Gasteiger partial charge in [-0.15, -0.1) is 0 Å². The van der Waals surface area contributed by atoms with Crippen molar-refractivity contribution >= 4 is 11.6 Å². The fourth-order valence-electron chi connectivity index (χ4n) is 1.71. The first-order valence-electron chi connectivity index (χ1n) is 5.18. The lowest BCUT2D eigenvalue weighted by Gasteiger charge is -2.26. The van der Waals surface area contributed by atoms with E-state index in [2.05, 4.69) is 20.6 Å². The molecule has 1 aliphatic rings. The van der Waals surface area contributed by atoms with Gasteiger partial charge in [-0.3, -0.25) is 20.5 Å². The Morgan fingerprint density at radius 1 is 1.62 bits per heavy atom. The van der Waals surface area contributed by atoms with Crippen LogP contribution in [0.25, 0.3) is 0 Å². The van der Waals surface area contributed by atoms with E-state index in [1.165, 1.54) is 0 Å². The van der Waals surface area contributed by atoms with E-state index in [0.29, 0.717) is 19.6 Å². The van der Waals surface area contributed by atoms with E-state index >= 15 is 0 Å². The first kappa shape index (κ1) is 10.8. The summed E-state index contributed by atoms with van der Waals surface area (Å²) >= 11 is 0. The summed E-state index contributed by atoms with van der Waals surface area (Å²) in [6.07, 6.45) is 1.70. The van der Waals surface area contributed by atoms with Crippen LogP contribution in [0, 0.1) is 0 Å². The fourth-order valence-corrected chi connectivity index (χ4v) is 1.71. The summed E-state index contributed by atoms with van der Waals surface area (Å²) in [5, 5.41) is 2.79. The minimum absolute atomic E-state index is 0.0688. The van der Waals surface area contributed by atoms with Gasteiger partial charge in [0.2, 0.25) is 5.91 Å². The van der Waals surface area contributed by atoms with Gasteiger partial charge in [-0.2, -0.15) is 0 Å². The predicted molar refractivity (Wildman–Crippen MR) is 60.3 cm³/mol. The highest BCUT2D eigenvalue weighted by Crippen LogP contribution is 2.09. The van der Waals surface area contributed by atoms with Gasteiger partial charge >= 0.3 is 0 Å². The summed E-state index contributed by atoms with van der Waals surface area (Å²) in [4.78, 5) is 17.5. The Morgan fingerprint density at radius 2 is 2.50 bits per heavy atom. The molecule has 0 bridgehead atoms. The van der Waals surface area contributed by atoms with Gasteiger partial charge in [0.05, 0.1) is 17.9 Å². The number of anilines is 1. The minimum Gasteiger partial charge on any atom is -0.354 e. The molecule has 0 aromatic carbocycles. The molecule has 0 atom stereocenters. The predicted octanol–water partition coefficient (Wildman–Crippen LogP) is -0.701. The number of rotatable bonds is 3. The topological polar surface area (TPSA) is 83.3 Å². The number of aromatic nitrogens is 1. The maximum atomic E-state index is 11.2. The molecule has 1 saturated heterocycles. The molecule has 1 amide bonds. The maximum absolute atomic E-state index is 11.2. The van der Waals surface area contributed by atoms with Gasteiger partial charge in [0.1, 0.15) is 0 Å². The van der Waals surface area contributed by atoms with E-state index in [1.54, 1.807) is 12.3 Å². The van der Waals surface area contributed by atoms with E-state index in [4.69, 9.17) is 5.84 Å². The SMILES string of the molecule is NNc1ccnc(CN2CCNC(=O)C2)c1. The number of amides is 1. The molecule has 2 rings (SSSR count). The smallest absolute Gasteiger partial charge is 0.234 e. The molecular formula is C10H15N5O. The van der Waals surface area contributed by atoms with Crippen molar-refractivity contribution in [2.75, 3.05) is 25.1 Å². The number of carbonyl (C=O) groups is 1. The number of nitrogens with two attached hydrogens (primary N) is 1. The molecule has 6 heteroatoms. The van der Waals surface area contributed by atoms with Crippen molar-refractivity contribution in [3.63, 3.8) is 0 Å². The Kier molecular flexibility index (Phi) is 3.33. The minimum atomic E-state index is 0.0688. The van der Waals surface area contributed by atoms with Gasteiger partial charge < -0.3 is 10.7 Å². The molecule has 0 spiro atoms. The van der Waals surface area contributed by atoms with Crippen LogP contribution in [-0.2, 0) is 11.3 Å². The molecule has 1 aliphatic heterocycles. The van der Waals surface area contributed by atoms with Crippen molar-refractivity contribution in [1.82, 2.24) is 15.2 Å². The van der Waals surface area contributed by atoms with Crippen molar-refractivity contribution in [2.45, 2.75) is 6.54 Å². The summed E-state index contributed by atoms with van der Waals surface area (Å²) in [5.41, 5.74) is 4.31. The Balaban J connectivity index is 1.99. The number of piperazine rings is 1. The quantitative estimate of drug-likeness (QED) is 0.464. The monoisotopic (exact) mass is 221 g/mol. The summed E-state index contributed by atoms with van der Waals surface area (Å²) in [6.45, 7) is 2.66. The zero-order valence-electron chi connectivity index (χ0n) is 8.94. The Bertz CT molecular complexity index is 381. The van der Waals surface area contributed by atoms with Gasteiger partial charge in [-0.1, -0.05) is 0 Å². The maximum Gasteiger partial charge on any atom is 0.234 e. The molecule has 1 aromatic heterocycles. The zero-order valence-corrected chi connectivity index (χ0v) is 8.94. The number of hydrogen-bond acceptors (Lipinski definition) is 5. The first-order chi connectivity index (χ1) is 7.78. The van der Waals surface area contributed by atoms with Crippen LogP contribution in [-0.4, -0.2) is 35.4 Å². The Labute approximate surface area is 93.8 Å². The second-order valence-corrected chi connectivity index (χ2v) is 3.74. The molecular weight excluding hydrogens is 206 g/mol. The summed E-state index contributed by atoms with van der Waals surface area (Å²) in [5.74, 6) is 5.39. The van der Waals surface area contributed by atoms with Crippen LogP contribution in [0.4, 0.5) is 5.69 Å². The number of nitrogen functional groups attached to an aromatic ring is 1. The lowest BCUT2D eigenvalue weighted by molar-refractivity contribution is -0.124. The van der Waals surface area contributed by atoms with Gasteiger partial charge in [0.25, 0.3) is 0 Å². The van der Waals surface area contributed by atoms with Gasteiger partial charge in [0.15, 0.2) is 0 Å². The fraction of sp³-hybridized carbons (Fsp3) is 0.400. The molecule has 16 heavy (non-hydrogen) atoms. The van der Waals surface area contributed by atoms with Gasteiger partial charge in [0, 0.05) is 25.8 Å². The van der Waals surface area contributed by atoms with Crippen LogP contribution in [0.15, 0.2) is 18.3 Å².